The van der Waals surface area contributed by atoms with E-state index in [0.717, 1.165) is 0 Å². The zero-order valence-corrected chi connectivity index (χ0v) is 9.32. The molecule has 2 rings (SSSR count). The van der Waals surface area contributed by atoms with Crippen LogP contribution in [0, 0.1) is 11.6 Å². The monoisotopic (exact) mass is 235 g/mol. The first-order valence-electron chi connectivity index (χ1n) is 4.74. The fraction of sp³-hybridized carbons (Fsp3) is 0. The van der Waals surface area contributed by atoms with E-state index in [0.29, 0.717) is 10.4 Å². The first kappa shape index (κ1) is 11.0. The van der Waals surface area contributed by atoms with Gasteiger partial charge in [-0.25, -0.2) is 8.78 Å². The Hall–Kier alpha value is -1.52. The van der Waals surface area contributed by atoms with E-state index in [2.05, 4.69) is 0 Å². The second-order valence-corrected chi connectivity index (χ2v) is 5.22. The number of hydrogen-bond acceptors (Lipinski definition) is 1. The zero-order valence-electron chi connectivity index (χ0n) is 8.32. The maximum atomic E-state index is 13.0. The number of hydrogen-bond donors (Lipinski definition) is 1. The lowest BCUT2D eigenvalue weighted by Crippen LogP contribution is -2.42. The first-order valence-corrected chi connectivity index (χ1v) is 6.19. The van der Waals surface area contributed by atoms with E-state index in [-0.39, 0.29) is 0 Å². The summed E-state index contributed by atoms with van der Waals surface area (Å²) in [6, 6.07) is 11.5. The molecule has 16 heavy (non-hydrogen) atoms. The van der Waals surface area contributed by atoms with Crippen LogP contribution in [0.5, 0.6) is 0 Å². The third-order valence-electron chi connectivity index (χ3n) is 2.20. The molecule has 0 bridgehead atoms. The molecule has 2 aromatic rings. The van der Waals surface area contributed by atoms with Crippen LogP contribution in [0.25, 0.3) is 0 Å². The first-order chi connectivity index (χ1) is 7.66. The van der Waals surface area contributed by atoms with Crippen molar-refractivity contribution < 1.29 is 13.6 Å². The van der Waals surface area contributed by atoms with E-state index in [1.165, 1.54) is 36.4 Å². The maximum absolute atomic E-state index is 13.0. The number of rotatable bonds is 2. The quantitative estimate of drug-likeness (QED) is 0.772. The number of halogens is 2. The van der Waals surface area contributed by atoms with Crippen LogP contribution in [-0.4, -0.2) is 13.8 Å². The van der Waals surface area contributed by atoms with Crippen molar-refractivity contribution in [3.05, 3.63) is 60.2 Å². The van der Waals surface area contributed by atoms with Crippen LogP contribution in [-0.2, 0) is 0 Å². The zero-order chi connectivity index (χ0) is 11.5. The third kappa shape index (κ3) is 2.34. The Morgan fingerprint density at radius 1 is 0.812 bits per heavy atom. The Labute approximate surface area is 93.7 Å². The van der Waals surface area contributed by atoms with Crippen LogP contribution >= 0.6 is 0 Å². The molecule has 0 fully saturated rings. The standard InChI is InChI=1S/C12H9F2OSi/c13-9-3-1-5-11(7-9)16(15)12-6-2-4-10(14)8-12/h1-8,15H. The van der Waals surface area contributed by atoms with E-state index in [1.54, 1.807) is 12.1 Å². The van der Waals surface area contributed by atoms with Crippen molar-refractivity contribution in [2.45, 2.75) is 0 Å². The highest BCUT2D eigenvalue weighted by Crippen LogP contribution is 1.97. The molecule has 0 amide bonds. The van der Waals surface area contributed by atoms with Crippen molar-refractivity contribution in [2.24, 2.45) is 0 Å². The average molecular weight is 235 g/mol. The lowest BCUT2D eigenvalue weighted by atomic mass is 10.3. The van der Waals surface area contributed by atoms with Gasteiger partial charge in [0.1, 0.15) is 11.6 Å². The Morgan fingerprint density at radius 2 is 1.25 bits per heavy atom. The van der Waals surface area contributed by atoms with Crippen LogP contribution in [0.4, 0.5) is 8.78 Å². The summed E-state index contributed by atoms with van der Waals surface area (Å²) in [6.07, 6.45) is 0. The summed E-state index contributed by atoms with van der Waals surface area (Å²) in [6.45, 7) is 0. The minimum atomic E-state index is -2.07. The maximum Gasteiger partial charge on any atom is 0.280 e. The second-order valence-electron chi connectivity index (χ2n) is 3.37. The molecule has 0 aliphatic carbocycles. The SMILES string of the molecule is O[Si](c1cccc(F)c1)c1cccc(F)c1. The van der Waals surface area contributed by atoms with Crippen LogP contribution in [0.3, 0.4) is 0 Å². The van der Waals surface area contributed by atoms with Gasteiger partial charge in [-0.05, 0) is 34.6 Å². The molecule has 0 aromatic heterocycles. The van der Waals surface area contributed by atoms with Gasteiger partial charge in [-0.3, -0.25) is 0 Å². The summed E-state index contributed by atoms with van der Waals surface area (Å²) < 4.78 is 25.9. The van der Waals surface area contributed by atoms with Crippen molar-refractivity contribution in [2.75, 3.05) is 0 Å². The van der Waals surface area contributed by atoms with Gasteiger partial charge in [-0.1, -0.05) is 24.3 Å². The molecule has 2 aromatic carbocycles. The molecule has 0 spiro atoms. The van der Waals surface area contributed by atoms with Gasteiger partial charge in [0, 0.05) is 0 Å². The smallest absolute Gasteiger partial charge is 0.280 e. The van der Waals surface area contributed by atoms with Gasteiger partial charge in [0.2, 0.25) is 0 Å². The van der Waals surface area contributed by atoms with Crippen LogP contribution in [0.1, 0.15) is 0 Å². The Balaban J connectivity index is 2.35. The summed E-state index contributed by atoms with van der Waals surface area (Å²) in [4.78, 5) is 10.0. The van der Waals surface area contributed by atoms with Crippen molar-refractivity contribution >= 4 is 19.4 Å². The lowest BCUT2D eigenvalue weighted by Gasteiger charge is -2.08. The van der Waals surface area contributed by atoms with Crippen molar-refractivity contribution in [3.8, 4) is 0 Å². The van der Waals surface area contributed by atoms with Gasteiger partial charge in [-0.15, -0.1) is 0 Å². The van der Waals surface area contributed by atoms with E-state index in [4.69, 9.17) is 0 Å². The van der Waals surface area contributed by atoms with Gasteiger partial charge < -0.3 is 4.80 Å². The summed E-state index contributed by atoms with van der Waals surface area (Å²) in [5.74, 6) is -0.795. The van der Waals surface area contributed by atoms with Crippen molar-refractivity contribution in [1.82, 2.24) is 0 Å². The van der Waals surface area contributed by atoms with Gasteiger partial charge in [0.25, 0.3) is 9.04 Å². The summed E-state index contributed by atoms with van der Waals surface area (Å²) in [5.41, 5.74) is 0. The minimum Gasteiger partial charge on any atom is -0.424 e. The van der Waals surface area contributed by atoms with Gasteiger partial charge in [0.05, 0.1) is 0 Å². The van der Waals surface area contributed by atoms with Crippen LogP contribution in [0.15, 0.2) is 48.5 Å². The van der Waals surface area contributed by atoms with E-state index in [1.807, 2.05) is 0 Å². The van der Waals surface area contributed by atoms with Crippen LogP contribution in [0.2, 0.25) is 0 Å². The molecule has 4 heteroatoms. The predicted molar refractivity (Wildman–Crippen MR) is 60.0 cm³/mol. The Morgan fingerprint density at radius 3 is 1.62 bits per heavy atom. The Kier molecular flexibility index (Phi) is 3.12. The molecule has 0 atom stereocenters. The largest absolute Gasteiger partial charge is 0.424 e. The van der Waals surface area contributed by atoms with Gasteiger partial charge >= 0.3 is 0 Å². The summed E-state index contributed by atoms with van der Waals surface area (Å²) >= 11 is 0. The lowest BCUT2D eigenvalue weighted by molar-refractivity contribution is 0.595. The Bertz CT molecular complexity index is 456. The molecule has 0 aliphatic heterocycles. The molecule has 1 radical (unpaired) electrons. The number of benzene rings is 2. The highest BCUT2D eigenvalue weighted by molar-refractivity contribution is 6.78. The van der Waals surface area contributed by atoms with Gasteiger partial charge in [-0.2, -0.15) is 0 Å². The minimum absolute atomic E-state index is 0.398. The third-order valence-corrected chi connectivity index (χ3v) is 3.91. The molecule has 1 nitrogen and oxygen atoms in total. The highest BCUT2D eigenvalue weighted by atomic mass is 28.3. The molecule has 81 valence electrons. The summed E-state index contributed by atoms with van der Waals surface area (Å²) in [7, 11) is -2.07. The molecule has 0 saturated heterocycles. The average Bonchev–Trinajstić information content (AvgIpc) is 2.28. The van der Waals surface area contributed by atoms with E-state index in [9.17, 15) is 13.6 Å². The molecule has 0 saturated carbocycles. The normalized spacial score (nSPS) is 10.8. The highest BCUT2D eigenvalue weighted by Gasteiger charge is 2.15. The molecular weight excluding hydrogens is 226 g/mol. The van der Waals surface area contributed by atoms with E-state index >= 15 is 0 Å². The molecule has 1 N–H and O–H groups in total. The van der Waals surface area contributed by atoms with Crippen LogP contribution < -0.4 is 10.4 Å². The molecule has 0 aliphatic rings. The molecule has 0 unspecified atom stereocenters. The van der Waals surface area contributed by atoms with Crippen molar-refractivity contribution in [3.63, 3.8) is 0 Å². The topological polar surface area (TPSA) is 20.2 Å². The van der Waals surface area contributed by atoms with Gasteiger partial charge in [0.15, 0.2) is 0 Å². The van der Waals surface area contributed by atoms with E-state index < -0.39 is 20.7 Å². The molecular formula is C12H9F2OSi. The fourth-order valence-electron chi connectivity index (χ4n) is 1.44. The predicted octanol–water partition coefficient (Wildman–Crippen LogP) is 1.06. The molecule has 0 heterocycles. The summed E-state index contributed by atoms with van der Waals surface area (Å²) in [5, 5.41) is 1.02. The second kappa shape index (κ2) is 4.55. The van der Waals surface area contributed by atoms with Crippen molar-refractivity contribution in [1.29, 1.82) is 0 Å². The fourth-order valence-corrected chi connectivity index (χ4v) is 2.83.